The van der Waals surface area contributed by atoms with Gasteiger partial charge >= 0.3 is 0 Å². The van der Waals surface area contributed by atoms with Gasteiger partial charge in [-0.05, 0) is 19.9 Å². The summed E-state index contributed by atoms with van der Waals surface area (Å²) in [5.74, 6) is -0.0473. The lowest BCUT2D eigenvalue weighted by molar-refractivity contribution is -0.384. The molecule has 140 valence electrons. The van der Waals surface area contributed by atoms with E-state index in [1.54, 1.807) is 25.5 Å². The van der Waals surface area contributed by atoms with Crippen LogP contribution in [-0.4, -0.2) is 29.6 Å². The van der Waals surface area contributed by atoms with Gasteiger partial charge in [-0.3, -0.25) is 14.9 Å². The van der Waals surface area contributed by atoms with Crippen LogP contribution in [0.1, 0.15) is 30.2 Å². The topological polar surface area (TPSA) is 126 Å². The molecule has 3 rings (SSSR count). The van der Waals surface area contributed by atoms with Crippen molar-refractivity contribution in [2.75, 3.05) is 0 Å². The Morgan fingerprint density at radius 1 is 1.44 bits per heavy atom. The van der Waals surface area contributed by atoms with Crippen LogP contribution in [0.3, 0.4) is 0 Å². The van der Waals surface area contributed by atoms with Crippen LogP contribution in [0, 0.1) is 17.0 Å². The van der Waals surface area contributed by atoms with Gasteiger partial charge in [-0.1, -0.05) is 12.2 Å². The van der Waals surface area contributed by atoms with Crippen molar-refractivity contribution in [3.8, 4) is 5.75 Å². The Balaban J connectivity index is 2.23. The lowest BCUT2D eigenvalue weighted by Gasteiger charge is -2.22. The highest BCUT2D eigenvalue weighted by Gasteiger charge is 2.26. The average molecular weight is 387 g/mol. The number of nitro benzene ring substituents is 1. The number of H-pyrrole nitrogens is 1. The second-order valence-electron chi connectivity index (χ2n) is 6.16. The maximum atomic E-state index is 12.1. The summed E-state index contributed by atoms with van der Waals surface area (Å²) in [5, 5.41) is 24.4. The molecule has 0 saturated carbocycles. The fourth-order valence-corrected chi connectivity index (χ4v) is 3.02. The molecule has 0 radical (unpaired) electrons. The van der Waals surface area contributed by atoms with Crippen molar-refractivity contribution >= 4 is 33.9 Å². The van der Waals surface area contributed by atoms with Crippen LogP contribution in [0.5, 0.6) is 5.75 Å². The number of aromatic hydroxyl groups is 1. The first kappa shape index (κ1) is 18.5. The van der Waals surface area contributed by atoms with E-state index in [0.717, 1.165) is 0 Å². The molecule has 0 bridgehead atoms. The summed E-state index contributed by atoms with van der Waals surface area (Å²) in [5.41, 5.74) is 1.33. The average Bonchev–Trinajstić information content (AvgIpc) is 3.02. The number of hydrogen-bond donors (Lipinski definition) is 3. The molecular weight excluding hydrogens is 370 g/mol. The lowest BCUT2D eigenvalue weighted by Crippen LogP contribution is -2.30. The van der Waals surface area contributed by atoms with Gasteiger partial charge in [0.1, 0.15) is 11.9 Å². The smallest absolute Gasteiger partial charge is 0.271 e. The molecule has 9 nitrogen and oxygen atoms in total. The molecule has 10 heteroatoms. The number of nitrogens with one attached hydrogen (secondary N) is 2. The van der Waals surface area contributed by atoms with Gasteiger partial charge in [-0.2, -0.15) is 0 Å². The zero-order chi connectivity index (χ0) is 19.9. The van der Waals surface area contributed by atoms with Crippen molar-refractivity contribution < 1.29 is 10.0 Å². The number of non-ortho nitro benzene ring substituents is 1. The number of benzene rings is 1. The van der Waals surface area contributed by atoms with Crippen LogP contribution in [0.4, 0.5) is 5.69 Å². The van der Waals surface area contributed by atoms with Gasteiger partial charge in [0.25, 0.3) is 5.69 Å². The Labute approximate surface area is 158 Å². The Morgan fingerprint density at radius 3 is 2.78 bits per heavy atom. The molecule has 3 aromatic rings. The number of aromatic amines is 1. The molecule has 1 aromatic carbocycles. The second kappa shape index (κ2) is 6.80. The summed E-state index contributed by atoms with van der Waals surface area (Å²) in [4.78, 5) is 30.5. The molecule has 1 atom stereocenters. The normalized spacial score (nSPS) is 12.1. The van der Waals surface area contributed by atoms with Crippen molar-refractivity contribution in [3.63, 3.8) is 0 Å². The highest BCUT2D eigenvalue weighted by molar-refractivity contribution is 7.80. The fourth-order valence-electron chi connectivity index (χ4n) is 2.90. The summed E-state index contributed by atoms with van der Waals surface area (Å²) >= 11 is 5.15. The number of thiocarbonyl (C=S) groups is 1. The highest BCUT2D eigenvalue weighted by Crippen LogP contribution is 2.28. The lowest BCUT2D eigenvalue weighted by atomic mass is 10.1. The summed E-state index contributed by atoms with van der Waals surface area (Å²) < 4.78 is 1.67. The minimum atomic E-state index is -0.744. The summed E-state index contributed by atoms with van der Waals surface area (Å²) in [6.07, 6.45) is 0. The predicted molar refractivity (Wildman–Crippen MR) is 104 cm³/mol. The minimum absolute atomic E-state index is 0.0703. The number of nitrogens with zero attached hydrogens (tertiary/aromatic N) is 3. The summed E-state index contributed by atoms with van der Waals surface area (Å²) in [6.45, 7) is 3.41. The van der Waals surface area contributed by atoms with Crippen LogP contribution in [0.2, 0.25) is 0 Å². The summed E-state index contributed by atoms with van der Waals surface area (Å²) in [7, 11) is 1.71. The number of imidazole rings is 1. The van der Waals surface area contributed by atoms with Gasteiger partial charge in [-0.15, -0.1) is 0 Å². The number of aryl methyl sites for hydroxylation is 1. The van der Waals surface area contributed by atoms with E-state index < -0.39 is 22.1 Å². The van der Waals surface area contributed by atoms with E-state index in [1.165, 1.54) is 24.3 Å². The van der Waals surface area contributed by atoms with Crippen molar-refractivity contribution in [1.82, 2.24) is 19.9 Å². The maximum Gasteiger partial charge on any atom is 0.271 e. The van der Waals surface area contributed by atoms with Gasteiger partial charge in [0.2, 0.25) is 5.43 Å². The molecule has 3 N–H and O–H groups in total. The van der Waals surface area contributed by atoms with E-state index in [0.29, 0.717) is 27.5 Å². The number of rotatable bonds is 4. The summed E-state index contributed by atoms with van der Waals surface area (Å²) in [6, 6.07) is 4.86. The fraction of sp³-hybridized carbons (Fsp3) is 0.235. The molecule has 0 amide bonds. The number of nitro groups is 1. The predicted octanol–water partition coefficient (Wildman–Crippen LogP) is 2.21. The van der Waals surface area contributed by atoms with Crippen molar-refractivity contribution in [2.24, 2.45) is 7.05 Å². The van der Waals surface area contributed by atoms with E-state index in [2.05, 4.69) is 15.3 Å². The van der Waals surface area contributed by atoms with E-state index in [-0.39, 0.29) is 11.4 Å². The van der Waals surface area contributed by atoms with Crippen LogP contribution < -0.4 is 10.7 Å². The SMILES string of the molecule is CC(=S)NC(c1nc2ccc([N+](=O)[O-])cc2[nH]1)c1c(O)c(=O)cc(C)n1C. The molecule has 1 unspecified atom stereocenters. The third kappa shape index (κ3) is 3.38. The Morgan fingerprint density at radius 2 is 2.15 bits per heavy atom. The van der Waals surface area contributed by atoms with Crippen molar-refractivity contribution in [1.29, 1.82) is 0 Å². The van der Waals surface area contributed by atoms with E-state index in [4.69, 9.17) is 12.2 Å². The first-order valence-corrected chi connectivity index (χ1v) is 8.40. The second-order valence-corrected chi connectivity index (χ2v) is 6.77. The van der Waals surface area contributed by atoms with Crippen molar-refractivity contribution in [2.45, 2.75) is 19.9 Å². The number of hydrogen-bond acceptors (Lipinski definition) is 6. The van der Waals surface area contributed by atoms with Gasteiger partial charge in [0.15, 0.2) is 5.75 Å². The molecular formula is C17H17N5O4S. The van der Waals surface area contributed by atoms with Gasteiger partial charge in [0, 0.05) is 30.9 Å². The molecule has 0 aliphatic rings. The van der Waals surface area contributed by atoms with Gasteiger partial charge in [-0.25, -0.2) is 4.98 Å². The first-order valence-electron chi connectivity index (χ1n) is 7.99. The Kier molecular flexibility index (Phi) is 4.66. The minimum Gasteiger partial charge on any atom is -0.503 e. The monoisotopic (exact) mass is 387 g/mol. The van der Waals surface area contributed by atoms with Gasteiger partial charge < -0.3 is 20.0 Å². The third-order valence-electron chi connectivity index (χ3n) is 4.30. The number of pyridine rings is 1. The molecule has 0 spiro atoms. The van der Waals surface area contributed by atoms with E-state index in [1.807, 2.05) is 0 Å². The Bertz CT molecular complexity index is 1130. The molecule has 0 aliphatic carbocycles. The Hall–Kier alpha value is -3.27. The maximum absolute atomic E-state index is 12.1. The highest BCUT2D eigenvalue weighted by atomic mass is 32.1. The molecule has 2 heterocycles. The third-order valence-corrected chi connectivity index (χ3v) is 4.41. The quantitative estimate of drug-likeness (QED) is 0.356. The molecule has 0 saturated heterocycles. The van der Waals surface area contributed by atoms with E-state index >= 15 is 0 Å². The molecule has 0 fully saturated rings. The standard InChI is InChI=1S/C17H17N5O4S/c1-8-6-13(23)16(24)15(21(8)3)14(18-9(2)27)17-19-11-5-4-10(22(25)26)7-12(11)20-17/h4-7,14,24H,1-3H3,(H,18,27)(H,19,20). The van der Waals surface area contributed by atoms with Crippen LogP contribution in [0.25, 0.3) is 11.0 Å². The van der Waals surface area contributed by atoms with Crippen LogP contribution >= 0.6 is 12.2 Å². The van der Waals surface area contributed by atoms with Crippen LogP contribution in [-0.2, 0) is 7.05 Å². The molecule has 27 heavy (non-hydrogen) atoms. The zero-order valence-electron chi connectivity index (χ0n) is 14.8. The molecule has 2 aromatic heterocycles. The van der Waals surface area contributed by atoms with Gasteiger partial charge in [0.05, 0.1) is 26.6 Å². The molecule has 0 aliphatic heterocycles. The van der Waals surface area contributed by atoms with E-state index in [9.17, 15) is 20.0 Å². The zero-order valence-corrected chi connectivity index (χ0v) is 15.6. The first-order chi connectivity index (χ1) is 12.7. The van der Waals surface area contributed by atoms with Crippen LogP contribution in [0.15, 0.2) is 29.1 Å². The largest absolute Gasteiger partial charge is 0.503 e. The van der Waals surface area contributed by atoms with Crippen molar-refractivity contribution in [3.05, 3.63) is 61.8 Å². The number of aromatic nitrogens is 3. The number of fused-ring (bicyclic) bond motifs is 1.